The molecule has 1 aromatic rings. The summed E-state index contributed by atoms with van der Waals surface area (Å²) in [5.74, 6) is -3.49. The monoisotopic (exact) mass is 440 g/mol. The number of benzene rings is 1. The average Bonchev–Trinajstić information content (AvgIpc) is 3.11. The van der Waals surface area contributed by atoms with Gasteiger partial charge in [0.2, 0.25) is 11.8 Å². The lowest BCUT2D eigenvalue weighted by atomic mass is 10.0. The lowest BCUT2D eigenvalue weighted by Crippen LogP contribution is -2.52. The quantitative estimate of drug-likeness (QED) is 0.578. The van der Waals surface area contributed by atoms with Crippen LogP contribution in [0.5, 0.6) is 0 Å². The summed E-state index contributed by atoms with van der Waals surface area (Å²) in [6.07, 6.45) is 0.0940. The van der Waals surface area contributed by atoms with Crippen molar-refractivity contribution in [2.45, 2.75) is 45.3 Å². The highest BCUT2D eigenvalue weighted by Crippen LogP contribution is 2.20. The summed E-state index contributed by atoms with van der Waals surface area (Å²) in [7, 11) is 1.21. The van der Waals surface area contributed by atoms with Crippen LogP contribution in [-0.4, -0.2) is 60.5 Å². The van der Waals surface area contributed by atoms with Crippen LogP contribution in [-0.2, 0) is 19.1 Å². The Hall–Kier alpha value is -3.24. The zero-order chi connectivity index (χ0) is 23.3. The molecule has 3 atom stereocenters. The van der Waals surface area contributed by atoms with E-state index in [1.54, 1.807) is 13.8 Å². The summed E-state index contributed by atoms with van der Waals surface area (Å²) in [6.45, 7) is 4.82. The van der Waals surface area contributed by atoms with Crippen LogP contribution in [0.1, 0.15) is 27.2 Å². The highest BCUT2D eigenvalue weighted by molar-refractivity contribution is 5.92. The van der Waals surface area contributed by atoms with Gasteiger partial charge in [-0.1, -0.05) is 13.8 Å². The van der Waals surface area contributed by atoms with Crippen molar-refractivity contribution >= 4 is 29.5 Å². The number of rotatable bonds is 6. The number of urea groups is 1. The Morgan fingerprint density at radius 2 is 1.87 bits per heavy atom. The fourth-order valence-corrected chi connectivity index (χ4v) is 3.35. The molecule has 3 N–H and O–H groups in total. The molecule has 1 aromatic carbocycles. The van der Waals surface area contributed by atoms with Gasteiger partial charge in [0, 0.05) is 19.5 Å². The second-order valence-electron chi connectivity index (χ2n) is 7.60. The molecule has 1 saturated heterocycles. The standard InChI is InChI=1S/C20H26F2N4O5/c1-10(2)17(19(29)31-4)25-18(28)16-8-13(9-26(16)11(3)27)23-20(30)24-15-6-5-12(21)7-14(15)22/h5-7,10,13,16-17H,8-9H2,1-4H3,(H,25,28)(H2,23,24,30). The summed E-state index contributed by atoms with van der Waals surface area (Å²) in [5.41, 5.74) is -0.215. The minimum absolute atomic E-state index is 0.0529. The van der Waals surface area contributed by atoms with Gasteiger partial charge in [-0.2, -0.15) is 0 Å². The highest BCUT2D eigenvalue weighted by Gasteiger charge is 2.40. The third-order valence-electron chi connectivity index (χ3n) is 4.94. The van der Waals surface area contributed by atoms with Crippen molar-refractivity contribution in [3.63, 3.8) is 0 Å². The smallest absolute Gasteiger partial charge is 0.328 e. The van der Waals surface area contributed by atoms with Gasteiger partial charge in [-0.25, -0.2) is 18.4 Å². The number of nitrogens with one attached hydrogen (secondary N) is 3. The number of ether oxygens (including phenoxy) is 1. The fourth-order valence-electron chi connectivity index (χ4n) is 3.35. The predicted molar refractivity (Wildman–Crippen MR) is 107 cm³/mol. The number of carbonyl (C=O) groups excluding carboxylic acids is 4. The number of likely N-dealkylation sites (tertiary alicyclic amines) is 1. The lowest BCUT2D eigenvalue weighted by Gasteiger charge is -2.26. The molecule has 9 nitrogen and oxygen atoms in total. The molecule has 3 unspecified atom stereocenters. The number of methoxy groups -OCH3 is 1. The van der Waals surface area contributed by atoms with E-state index >= 15 is 0 Å². The van der Waals surface area contributed by atoms with E-state index in [2.05, 4.69) is 16.0 Å². The second kappa shape index (κ2) is 10.2. The largest absolute Gasteiger partial charge is 0.467 e. The molecule has 170 valence electrons. The molecule has 1 aliphatic heterocycles. The number of hydrogen-bond acceptors (Lipinski definition) is 5. The van der Waals surface area contributed by atoms with Crippen LogP contribution in [0.4, 0.5) is 19.3 Å². The number of anilines is 1. The molecule has 1 fully saturated rings. The maximum Gasteiger partial charge on any atom is 0.328 e. The van der Waals surface area contributed by atoms with Crippen molar-refractivity contribution in [2.24, 2.45) is 5.92 Å². The Morgan fingerprint density at radius 3 is 2.42 bits per heavy atom. The Kier molecular flexibility index (Phi) is 7.89. The molecule has 1 aliphatic rings. The molecular formula is C20H26F2N4O5. The van der Waals surface area contributed by atoms with E-state index in [0.29, 0.717) is 6.07 Å². The van der Waals surface area contributed by atoms with Crippen LogP contribution in [0.15, 0.2) is 18.2 Å². The van der Waals surface area contributed by atoms with Crippen LogP contribution >= 0.6 is 0 Å². The van der Waals surface area contributed by atoms with Crippen LogP contribution < -0.4 is 16.0 Å². The molecular weight excluding hydrogens is 414 g/mol. The summed E-state index contributed by atoms with van der Waals surface area (Å²) >= 11 is 0. The first-order chi connectivity index (χ1) is 14.5. The maximum absolute atomic E-state index is 13.7. The Morgan fingerprint density at radius 1 is 1.19 bits per heavy atom. The third-order valence-corrected chi connectivity index (χ3v) is 4.94. The number of carbonyl (C=O) groups is 4. The van der Waals surface area contributed by atoms with Gasteiger partial charge < -0.3 is 25.6 Å². The van der Waals surface area contributed by atoms with Gasteiger partial charge in [-0.15, -0.1) is 0 Å². The van der Waals surface area contributed by atoms with Crippen molar-refractivity contribution in [3.8, 4) is 0 Å². The van der Waals surface area contributed by atoms with Gasteiger partial charge in [0.25, 0.3) is 0 Å². The zero-order valence-electron chi connectivity index (χ0n) is 17.7. The van der Waals surface area contributed by atoms with Gasteiger partial charge in [0.15, 0.2) is 0 Å². The molecule has 31 heavy (non-hydrogen) atoms. The second-order valence-corrected chi connectivity index (χ2v) is 7.60. The van der Waals surface area contributed by atoms with Gasteiger partial charge in [-0.3, -0.25) is 9.59 Å². The molecule has 2 rings (SSSR count). The van der Waals surface area contributed by atoms with Crippen LogP contribution in [0, 0.1) is 17.6 Å². The van der Waals surface area contributed by atoms with Gasteiger partial charge in [0.1, 0.15) is 23.7 Å². The third kappa shape index (κ3) is 6.12. The average molecular weight is 440 g/mol. The molecule has 1 heterocycles. The van der Waals surface area contributed by atoms with Crippen LogP contribution in [0.2, 0.25) is 0 Å². The fraction of sp³-hybridized carbons (Fsp3) is 0.500. The molecule has 0 aromatic heterocycles. The Labute approximate surface area is 178 Å². The molecule has 0 spiro atoms. The van der Waals surface area contributed by atoms with Gasteiger partial charge >= 0.3 is 12.0 Å². The first kappa shape index (κ1) is 24.0. The van der Waals surface area contributed by atoms with E-state index in [1.807, 2.05) is 0 Å². The van der Waals surface area contributed by atoms with E-state index in [4.69, 9.17) is 4.74 Å². The van der Waals surface area contributed by atoms with E-state index in [-0.39, 0.29) is 30.5 Å². The predicted octanol–water partition coefficient (Wildman–Crippen LogP) is 1.39. The first-order valence-electron chi connectivity index (χ1n) is 9.71. The molecule has 4 amide bonds. The Bertz CT molecular complexity index is 864. The lowest BCUT2D eigenvalue weighted by molar-refractivity contribution is -0.147. The first-order valence-corrected chi connectivity index (χ1v) is 9.71. The van der Waals surface area contributed by atoms with E-state index in [0.717, 1.165) is 12.1 Å². The normalized spacial score (nSPS) is 19.0. The topological polar surface area (TPSA) is 117 Å². The summed E-state index contributed by atoms with van der Waals surface area (Å²) in [6, 6.07) is -0.447. The highest BCUT2D eigenvalue weighted by atomic mass is 19.1. The number of halogens is 2. The molecule has 0 bridgehead atoms. The van der Waals surface area contributed by atoms with Crippen molar-refractivity contribution in [1.82, 2.24) is 15.5 Å². The summed E-state index contributed by atoms with van der Waals surface area (Å²) in [4.78, 5) is 50.2. The number of hydrogen-bond donors (Lipinski definition) is 3. The number of amides is 4. The van der Waals surface area contributed by atoms with Gasteiger partial charge in [0.05, 0.1) is 18.8 Å². The minimum atomic E-state index is -0.938. The van der Waals surface area contributed by atoms with E-state index in [9.17, 15) is 28.0 Å². The number of nitrogens with zero attached hydrogens (tertiary/aromatic N) is 1. The van der Waals surface area contributed by atoms with Gasteiger partial charge in [-0.05, 0) is 24.5 Å². The van der Waals surface area contributed by atoms with Crippen molar-refractivity contribution in [2.75, 3.05) is 19.0 Å². The minimum Gasteiger partial charge on any atom is -0.467 e. The Balaban J connectivity index is 2.05. The molecule has 0 aliphatic carbocycles. The maximum atomic E-state index is 13.7. The number of esters is 1. The van der Waals surface area contributed by atoms with Crippen LogP contribution in [0.3, 0.4) is 0 Å². The molecule has 0 radical (unpaired) electrons. The van der Waals surface area contributed by atoms with Crippen LogP contribution in [0.25, 0.3) is 0 Å². The summed E-state index contributed by atoms with van der Waals surface area (Å²) in [5, 5.41) is 7.44. The van der Waals surface area contributed by atoms with Crippen molar-refractivity contribution in [1.29, 1.82) is 0 Å². The zero-order valence-corrected chi connectivity index (χ0v) is 17.7. The van der Waals surface area contributed by atoms with Crippen molar-refractivity contribution < 1.29 is 32.7 Å². The van der Waals surface area contributed by atoms with E-state index in [1.165, 1.54) is 18.9 Å². The summed E-state index contributed by atoms with van der Waals surface area (Å²) < 4.78 is 31.4. The molecule has 0 saturated carbocycles. The van der Waals surface area contributed by atoms with E-state index < -0.39 is 47.7 Å². The molecule has 11 heteroatoms. The van der Waals surface area contributed by atoms with Crippen molar-refractivity contribution in [3.05, 3.63) is 29.8 Å². The SMILES string of the molecule is COC(=O)C(NC(=O)C1CC(NC(=O)Nc2ccc(F)cc2F)CN1C(C)=O)C(C)C.